The summed E-state index contributed by atoms with van der Waals surface area (Å²) in [6, 6.07) is 0. The second-order valence-electron chi connectivity index (χ2n) is 6.62. The molecule has 2 saturated carbocycles. The first kappa shape index (κ1) is 12.0. The van der Waals surface area contributed by atoms with Crippen LogP contribution in [0.5, 0.6) is 0 Å². The van der Waals surface area contributed by atoms with E-state index in [1.54, 1.807) is 0 Å². The van der Waals surface area contributed by atoms with Crippen LogP contribution < -0.4 is 5.32 Å². The summed E-state index contributed by atoms with van der Waals surface area (Å²) in [5.74, 6) is 0.229. The molecule has 3 rings (SSSR count). The molecule has 2 aliphatic carbocycles. The minimum Gasteiger partial charge on any atom is -0.342 e. The summed E-state index contributed by atoms with van der Waals surface area (Å²) < 4.78 is 0. The normalized spacial score (nSPS) is 29.3. The van der Waals surface area contributed by atoms with Crippen LogP contribution in [0.25, 0.3) is 0 Å². The van der Waals surface area contributed by atoms with E-state index in [0.717, 1.165) is 32.2 Å². The van der Waals surface area contributed by atoms with Crippen LogP contribution in [0.4, 0.5) is 0 Å². The highest BCUT2D eigenvalue weighted by Gasteiger charge is 2.49. The van der Waals surface area contributed by atoms with Crippen molar-refractivity contribution in [2.75, 3.05) is 13.1 Å². The molecule has 0 atom stereocenters. The predicted octanol–water partition coefficient (Wildman–Crippen LogP) is 1.45. The maximum Gasteiger partial charge on any atom is 0.248 e. The van der Waals surface area contributed by atoms with Gasteiger partial charge in [-0.05, 0) is 31.1 Å². The van der Waals surface area contributed by atoms with E-state index in [-0.39, 0.29) is 11.8 Å². The molecule has 3 fully saturated rings. The number of amides is 2. The van der Waals surface area contributed by atoms with Gasteiger partial charge in [0.05, 0.1) is 0 Å². The highest BCUT2D eigenvalue weighted by Crippen LogP contribution is 2.46. The van der Waals surface area contributed by atoms with E-state index in [4.69, 9.17) is 0 Å². The molecule has 18 heavy (non-hydrogen) atoms. The molecule has 0 radical (unpaired) electrons. The Morgan fingerprint density at radius 2 is 1.83 bits per heavy atom. The number of carbonyl (C=O) groups excluding carboxylic acids is 2. The Kier molecular flexibility index (Phi) is 2.65. The van der Waals surface area contributed by atoms with Crippen LogP contribution in [-0.4, -0.2) is 35.3 Å². The monoisotopic (exact) mass is 250 g/mol. The molecule has 0 aromatic carbocycles. The van der Waals surface area contributed by atoms with Crippen molar-refractivity contribution in [2.45, 2.75) is 57.4 Å². The molecular weight excluding hydrogens is 228 g/mol. The summed E-state index contributed by atoms with van der Waals surface area (Å²) in [4.78, 5) is 26.5. The molecule has 1 N–H and O–H groups in total. The Balaban J connectivity index is 1.81. The highest BCUT2D eigenvalue weighted by molar-refractivity contribution is 5.93. The molecule has 0 unspecified atom stereocenters. The largest absolute Gasteiger partial charge is 0.342 e. The maximum atomic E-state index is 12.7. The molecule has 4 heteroatoms. The molecule has 0 aromatic rings. The van der Waals surface area contributed by atoms with Gasteiger partial charge in [0, 0.05) is 19.5 Å². The van der Waals surface area contributed by atoms with Gasteiger partial charge in [0.25, 0.3) is 0 Å². The van der Waals surface area contributed by atoms with E-state index in [2.05, 4.69) is 12.2 Å². The summed E-state index contributed by atoms with van der Waals surface area (Å²) in [7, 11) is 0. The standard InChI is InChI=1S/C14H22N2O2/c1-13(7-8-13)10-16-9-4-11(17)15-14(12(16)18)5-2-3-6-14/h2-10H2,1H3,(H,15,17). The lowest BCUT2D eigenvalue weighted by Gasteiger charge is -2.33. The lowest BCUT2D eigenvalue weighted by atomic mass is 9.95. The number of rotatable bonds is 2. The SMILES string of the molecule is CC1(CN2CCC(=O)NC3(CCCC3)C2=O)CC1. The zero-order chi connectivity index (χ0) is 12.8. The molecule has 0 bridgehead atoms. The number of nitrogens with zero attached hydrogens (tertiary/aromatic N) is 1. The van der Waals surface area contributed by atoms with Crippen LogP contribution >= 0.6 is 0 Å². The average molecular weight is 250 g/mol. The summed E-state index contributed by atoms with van der Waals surface area (Å²) >= 11 is 0. The van der Waals surface area contributed by atoms with E-state index < -0.39 is 5.54 Å². The van der Waals surface area contributed by atoms with Gasteiger partial charge < -0.3 is 10.2 Å². The van der Waals surface area contributed by atoms with Crippen LogP contribution in [-0.2, 0) is 9.59 Å². The number of carbonyl (C=O) groups is 2. The van der Waals surface area contributed by atoms with Crippen molar-refractivity contribution in [1.29, 1.82) is 0 Å². The van der Waals surface area contributed by atoms with E-state index in [1.807, 2.05) is 4.90 Å². The fraction of sp³-hybridized carbons (Fsp3) is 0.857. The van der Waals surface area contributed by atoms with E-state index in [0.29, 0.717) is 18.4 Å². The van der Waals surface area contributed by atoms with Gasteiger partial charge >= 0.3 is 0 Å². The van der Waals surface area contributed by atoms with Gasteiger partial charge in [-0.15, -0.1) is 0 Å². The van der Waals surface area contributed by atoms with Crippen LogP contribution in [0.3, 0.4) is 0 Å². The quantitative estimate of drug-likeness (QED) is 0.806. The van der Waals surface area contributed by atoms with Gasteiger partial charge in [-0.1, -0.05) is 19.8 Å². The Morgan fingerprint density at radius 1 is 1.17 bits per heavy atom. The lowest BCUT2D eigenvalue weighted by molar-refractivity contribution is -0.139. The average Bonchev–Trinajstić information content (AvgIpc) is 2.90. The third-order valence-corrected chi connectivity index (χ3v) is 4.82. The molecule has 2 amide bonds. The van der Waals surface area contributed by atoms with Crippen molar-refractivity contribution in [3.05, 3.63) is 0 Å². The zero-order valence-electron chi connectivity index (χ0n) is 11.1. The summed E-state index contributed by atoms with van der Waals surface area (Å²) in [5, 5.41) is 3.01. The third kappa shape index (κ3) is 2.02. The fourth-order valence-electron chi connectivity index (χ4n) is 3.32. The molecule has 1 heterocycles. The lowest BCUT2D eigenvalue weighted by Crippen LogP contribution is -2.56. The molecule has 4 nitrogen and oxygen atoms in total. The topological polar surface area (TPSA) is 49.4 Å². The van der Waals surface area contributed by atoms with Gasteiger partial charge in [0.15, 0.2) is 0 Å². The Bertz CT molecular complexity index is 381. The summed E-state index contributed by atoms with van der Waals surface area (Å²) in [6.07, 6.45) is 6.64. The van der Waals surface area contributed by atoms with Gasteiger partial charge in [0.1, 0.15) is 5.54 Å². The van der Waals surface area contributed by atoms with Crippen LogP contribution in [0, 0.1) is 5.41 Å². The van der Waals surface area contributed by atoms with E-state index in [1.165, 1.54) is 12.8 Å². The van der Waals surface area contributed by atoms with Crippen LogP contribution in [0.1, 0.15) is 51.9 Å². The molecule has 1 spiro atoms. The minimum absolute atomic E-state index is 0.0497. The second kappa shape index (κ2) is 3.97. The van der Waals surface area contributed by atoms with Crippen LogP contribution in [0.15, 0.2) is 0 Å². The Morgan fingerprint density at radius 3 is 2.44 bits per heavy atom. The number of hydrogen-bond acceptors (Lipinski definition) is 2. The summed E-state index contributed by atoms with van der Waals surface area (Å²) in [6.45, 7) is 3.67. The fourth-order valence-corrected chi connectivity index (χ4v) is 3.32. The zero-order valence-corrected chi connectivity index (χ0v) is 11.1. The first-order chi connectivity index (χ1) is 8.53. The molecule has 100 valence electrons. The number of hydrogen-bond donors (Lipinski definition) is 1. The second-order valence-corrected chi connectivity index (χ2v) is 6.62. The van der Waals surface area contributed by atoms with Gasteiger partial charge in [-0.25, -0.2) is 0 Å². The number of nitrogens with one attached hydrogen (secondary N) is 1. The third-order valence-electron chi connectivity index (χ3n) is 4.82. The molecule has 0 aromatic heterocycles. The predicted molar refractivity (Wildman–Crippen MR) is 67.9 cm³/mol. The van der Waals surface area contributed by atoms with Crippen molar-refractivity contribution in [2.24, 2.45) is 5.41 Å². The van der Waals surface area contributed by atoms with Gasteiger partial charge in [-0.2, -0.15) is 0 Å². The van der Waals surface area contributed by atoms with E-state index in [9.17, 15) is 9.59 Å². The maximum absolute atomic E-state index is 12.7. The van der Waals surface area contributed by atoms with Crippen LogP contribution in [0.2, 0.25) is 0 Å². The smallest absolute Gasteiger partial charge is 0.248 e. The Labute approximate surface area is 108 Å². The Hall–Kier alpha value is -1.06. The first-order valence-corrected chi connectivity index (χ1v) is 7.14. The minimum atomic E-state index is -0.557. The van der Waals surface area contributed by atoms with Crippen molar-refractivity contribution in [1.82, 2.24) is 10.2 Å². The van der Waals surface area contributed by atoms with Gasteiger partial charge in [0.2, 0.25) is 11.8 Å². The van der Waals surface area contributed by atoms with Crippen molar-refractivity contribution >= 4 is 11.8 Å². The molecule has 3 aliphatic rings. The molecule has 1 aliphatic heterocycles. The van der Waals surface area contributed by atoms with Crippen molar-refractivity contribution in [3.63, 3.8) is 0 Å². The highest BCUT2D eigenvalue weighted by atomic mass is 16.2. The van der Waals surface area contributed by atoms with Crippen molar-refractivity contribution < 1.29 is 9.59 Å². The summed E-state index contributed by atoms with van der Waals surface area (Å²) in [5.41, 5.74) is -0.234. The molecular formula is C14H22N2O2. The molecule has 1 saturated heterocycles. The van der Waals surface area contributed by atoms with Gasteiger partial charge in [-0.3, -0.25) is 9.59 Å². The van der Waals surface area contributed by atoms with Crippen molar-refractivity contribution in [3.8, 4) is 0 Å². The van der Waals surface area contributed by atoms with E-state index >= 15 is 0 Å². The first-order valence-electron chi connectivity index (χ1n) is 7.14.